The molecule has 1 unspecified atom stereocenters. The van der Waals surface area contributed by atoms with Gasteiger partial charge in [-0.2, -0.15) is 12.6 Å². The number of rotatable bonds is 0. The van der Waals surface area contributed by atoms with Crippen LogP contribution in [0.1, 0.15) is 27.7 Å². The van der Waals surface area contributed by atoms with E-state index in [9.17, 15) is 0 Å². The topological polar surface area (TPSA) is 12.0 Å². The van der Waals surface area contributed by atoms with Crippen molar-refractivity contribution in [3.63, 3.8) is 0 Å². The Labute approximate surface area is 62.6 Å². The van der Waals surface area contributed by atoms with Crippen LogP contribution in [-0.2, 0) is 0 Å². The predicted octanol–water partition coefficient (Wildman–Crippen LogP) is 1.65. The van der Waals surface area contributed by atoms with Gasteiger partial charge in [-0.1, -0.05) is 13.8 Å². The molecular formula is C7H15NS. The molecule has 1 N–H and O–H groups in total. The molecule has 0 aromatic heterocycles. The van der Waals surface area contributed by atoms with Crippen LogP contribution in [0.3, 0.4) is 0 Å². The van der Waals surface area contributed by atoms with Gasteiger partial charge >= 0.3 is 0 Å². The largest absolute Gasteiger partial charge is 0.299 e. The standard InChI is InChI=1S/C7H15NS/c1-6(2)5(9)8-7(6,3)4/h5,8-9H,1-4H3. The van der Waals surface area contributed by atoms with Crippen molar-refractivity contribution in [2.75, 3.05) is 0 Å². The van der Waals surface area contributed by atoms with E-state index in [1.54, 1.807) is 0 Å². The van der Waals surface area contributed by atoms with Gasteiger partial charge in [-0.25, -0.2) is 0 Å². The maximum atomic E-state index is 4.37. The molecule has 1 fully saturated rings. The molecule has 0 spiro atoms. The van der Waals surface area contributed by atoms with Crippen molar-refractivity contribution in [3.8, 4) is 0 Å². The molecule has 0 bridgehead atoms. The fraction of sp³-hybridized carbons (Fsp3) is 1.00. The number of thiol groups is 1. The van der Waals surface area contributed by atoms with Gasteiger partial charge in [0.2, 0.25) is 0 Å². The van der Waals surface area contributed by atoms with Crippen molar-refractivity contribution in [2.45, 2.75) is 38.6 Å². The minimum atomic E-state index is 0.263. The number of hydrogen-bond acceptors (Lipinski definition) is 2. The molecule has 1 heterocycles. The van der Waals surface area contributed by atoms with Crippen LogP contribution in [0.2, 0.25) is 0 Å². The molecule has 1 aliphatic rings. The van der Waals surface area contributed by atoms with E-state index in [2.05, 4.69) is 45.6 Å². The van der Waals surface area contributed by atoms with E-state index in [4.69, 9.17) is 0 Å². The Morgan fingerprint density at radius 1 is 1.22 bits per heavy atom. The van der Waals surface area contributed by atoms with E-state index in [1.807, 2.05) is 0 Å². The van der Waals surface area contributed by atoms with Gasteiger partial charge in [-0.05, 0) is 13.8 Å². The van der Waals surface area contributed by atoms with Crippen LogP contribution in [0.5, 0.6) is 0 Å². The average Bonchev–Trinajstić information content (AvgIpc) is 1.65. The maximum Gasteiger partial charge on any atom is 0.0575 e. The van der Waals surface area contributed by atoms with Crippen LogP contribution in [0.25, 0.3) is 0 Å². The summed E-state index contributed by atoms with van der Waals surface area (Å²) < 4.78 is 0. The van der Waals surface area contributed by atoms with Crippen molar-refractivity contribution in [1.82, 2.24) is 5.32 Å². The molecule has 1 aliphatic heterocycles. The molecule has 1 nitrogen and oxygen atoms in total. The Morgan fingerprint density at radius 2 is 1.67 bits per heavy atom. The number of hydrogen-bond donors (Lipinski definition) is 2. The highest BCUT2D eigenvalue weighted by molar-refractivity contribution is 7.81. The molecule has 0 saturated carbocycles. The summed E-state index contributed by atoms with van der Waals surface area (Å²) in [6.45, 7) is 8.89. The minimum absolute atomic E-state index is 0.263. The van der Waals surface area contributed by atoms with Crippen LogP contribution >= 0.6 is 12.6 Å². The molecule has 1 saturated heterocycles. The highest BCUT2D eigenvalue weighted by Gasteiger charge is 2.51. The summed E-state index contributed by atoms with van der Waals surface area (Å²) in [6.07, 6.45) is 0. The normalized spacial score (nSPS) is 37.7. The Morgan fingerprint density at radius 3 is 1.67 bits per heavy atom. The second-order valence-corrected chi connectivity index (χ2v) is 4.41. The fourth-order valence-corrected chi connectivity index (χ4v) is 1.62. The molecule has 0 aromatic carbocycles. The van der Waals surface area contributed by atoms with E-state index < -0.39 is 0 Å². The zero-order chi connectivity index (χ0) is 7.28. The first-order valence-electron chi connectivity index (χ1n) is 3.34. The van der Waals surface area contributed by atoms with Crippen molar-refractivity contribution < 1.29 is 0 Å². The summed E-state index contributed by atoms with van der Waals surface area (Å²) in [4.78, 5) is 0. The summed E-state index contributed by atoms with van der Waals surface area (Å²) in [5, 5.41) is 3.70. The summed E-state index contributed by atoms with van der Waals surface area (Å²) in [5.41, 5.74) is 0.593. The van der Waals surface area contributed by atoms with Crippen LogP contribution < -0.4 is 5.32 Å². The zero-order valence-electron chi connectivity index (χ0n) is 6.52. The molecule has 0 aromatic rings. The zero-order valence-corrected chi connectivity index (χ0v) is 7.42. The Hall–Kier alpha value is 0.310. The van der Waals surface area contributed by atoms with E-state index in [-0.39, 0.29) is 5.54 Å². The van der Waals surface area contributed by atoms with Crippen LogP contribution in [-0.4, -0.2) is 10.9 Å². The summed E-state index contributed by atoms with van der Waals surface area (Å²) in [5.74, 6) is 0. The van der Waals surface area contributed by atoms with Gasteiger partial charge in [0.25, 0.3) is 0 Å². The lowest BCUT2D eigenvalue weighted by atomic mass is 9.67. The predicted molar refractivity (Wildman–Crippen MR) is 43.8 cm³/mol. The van der Waals surface area contributed by atoms with Gasteiger partial charge < -0.3 is 0 Å². The van der Waals surface area contributed by atoms with Crippen LogP contribution in [0.4, 0.5) is 0 Å². The van der Waals surface area contributed by atoms with Crippen molar-refractivity contribution >= 4 is 12.6 Å². The highest BCUT2D eigenvalue weighted by Crippen LogP contribution is 2.44. The van der Waals surface area contributed by atoms with Crippen LogP contribution in [0, 0.1) is 5.41 Å². The van der Waals surface area contributed by atoms with Gasteiger partial charge in [0.15, 0.2) is 0 Å². The van der Waals surface area contributed by atoms with E-state index in [0.29, 0.717) is 10.8 Å². The van der Waals surface area contributed by atoms with Gasteiger partial charge in [-0.3, -0.25) is 5.32 Å². The first-order chi connectivity index (χ1) is 3.88. The Balaban J connectivity index is 2.70. The lowest BCUT2D eigenvalue weighted by Gasteiger charge is -2.58. The molecule has 1 rings (SSSR count). The third kappa shape index (κ3) is 0.802. The van der Waals surface area contributed by atoms with Gasteiger partial charge in [0.05, 0.1) is 5.37 Å². The number of nitrogens with one attached hydrogen (secondary N) is 1. The molecule has 9 heavy (non-hydrogen) atoms. The maximum absolute atomic E-state index is 4.37. The molecular weight excluding hydrogens is 130 g/mol. The second kappa shape index (κ2) is 1.67. The Bertz CT molecular complexity index is 129. The van der Waals surface area contributed by atoms with Crippen molar-refractivity contribution in [2.24, 2.45) is 5.41 Å². The van der Waals surface area contributed by atoms with Crippen molar-refractivity contribution in [3.05, 3.63) is 0 Å². The highest BCUT2D eigenvalue weighted by atomic mass is 32.1. The average molecular weight is 145 g/mol. The third-order valence-electron chi connectivity index (χ3n) is 2.79. The first kappa shape index (κ1) is 7.42. The minimum Gasteiger partial charge on any atom is -0.299 e. The first-order valence-corrected chi connectivity index (χ1v) is 3.85. The van der Waals surface area contributed by atoms with Gasteiger partial charge in [0, 0.05) is 11.0 Å². The molecule has 2 heteroatoms. The smallest absolute Gasteiger partial charge is 0.0575 e. The lowest BCUT2D eigenvalue weighted by molar-refractivity contribution is 0.0284. The Kier molecular flexibility index (Phi) is 1.38. The summed E-state index contributed by atoms with van der Waals surface area (Å²) >= 11 is 4.37. The fourth-order valence-electron chi connectivity index (χ4n) is 0.972. The van der Waals surface area contributed by atoms with Gasteiger partial charge in [0.1, 0.15) is 0 Å². The van der Waals surface area contributed by atoms with Gasteiger partial charge in [-0.15, -0.1) is 0 Å². The summed E-state index contributed by atoms with van der Waals surface area (Å²) in [6, 6.07) is 0. The molecule has 1 atom stereocenters. The molecule has 0 radical (unpaired) electrons. The lowest BCUT2D eigenvalue weighted by Crippen LogP contribution is -2.71. The van der Waals surface area contributed by atoms with E-state index in [1.165, 1.54) is 0 Å². The molecule has 0 amide bonds. The molecule has 0 aliphatic carbocycles. The van der Waals surface area contributed by atoms with Crippen LogP contribution in [0.15, 0.2) is 0 Å². The van der Waals surface area contributed by atoms with E-state index in [0.717, 1.165) is 0 Å². The molecule has 54 valence electrons. The SMILES string of the molecule is CC1(C)NC(S)C1(C)C. The third-order valence-corrected chi connectivity index (χ3v) is 3.57. The quantitative estimate of drug-likeness (QED) is 0.494. The second-order valence-electron chi connectivity index (χ2n) is 3.89. The monoisotopic (exact) mass is 145 g/mol. The van der Waals surface area contributed by atoms with Crippen molar-refractivity contribution in [1.29, 1.82) is 0 Å². The summed E-state index contributed by atoms with van der Waals surface area (Å²) in [7, 11) is 0. The van der Waals surface area contributed by atoms with E-state index >= 15 is 0 Å².